The summed E-state index contributed by atoms with van der Waals surface area (Å²) in [5.41, 5.74) is 0. The van der Waals surface area contributed by atoms with E-state index in [9.17, 15) is 0 Å². The van der Waals surface area contributed by atoms with Crippen molar-refractivity contribution >= 4 is 0 Å². The van der Waals surface area contributed by atoms with Gasteiger partial charge in [0.15, 0.2) is 0 Å². The average molecular weight is 160 g/mol. The van der Waals surface area contributed by atoms with Gasteiger partial charge in [0.25, 0.3) is 0 Å². The first-order valence-corrected chi connectivity index (χ1v) is 4.98. The monoisotopic (exact) mass is 160 g/mol. The number of fused-ring (bicyclic) bond motifs is 1. The van der Waals surface area contributed by atoms with Crippen LogP contribution in [0.2, 0.25) is 0 Å². The Hall–Kier alpha value is -0.780. The highest BCUT2D eigenvalue weighted by Gasteiger charge is 2.20. The van der Waals surface area contributed by atoms with Crippen molar-refractivity contribution in [2.24, 2.45) is 11.8 Å². The van der Waals surface area contributed by atoms with Crippen LogP contribution in [0.1, 0.15) is 25.7 Å². The molecular weight excluding hydrogens is 144 g/mol. The first-order chi connectivity index (χ1) is 5.97. The van der Waals surface area contributed by atoms with Crippen LogP contribution in [0.4, 0.5) is 0 Å². The molecule has 64 valence electrons. The molecule has 0 spiro atoms. The Labute approximate surface area is 74.7 Å². The van der Waals surface area contributed by atoms with Crippen molar-refractivity contribution in [3.63, 3.8) is 0 Å². The molecule has 2 atom stereocenters. The summed E-state index contributed by atoms with van der Waals surface area (Å²) in [4.78, 5) is 0. The van der Waals surface area contributed by atoms with E-state index < -0.39 is 0 Å². The van der Waals surface area contributed by atoms with E-state index in [1.165, 1.54) is 25.7 Å². The van der Waals surface area contributed by atoms with Gasteiger partial charge in [-0.1, -0.05) is 49.3 Å². The van der Waals surface area contributed by atoms with Crippen LogP contribution in [0.3, 0.4) is 0 Å². The summed E-state index contributed by atoms with van der Waals surface area (Å²) in [5, 5.41) is 0. The molecule has 0 saturated heterocycles. The Bertz CT molecular complexity index is 196. The van der Waals surface area contributed by atoms with Crippen LogP contribution < -0.4 is 0 Å². The van der Waals surface area contributed by atoms with Gasteiger partial charge in [0, 0.05) is 0 Å². The Morgan fingerprint density at radius 1 is 0.667 bits per heavy atom. The van der Waals surface area contributed by atoms with Crippen molar-refractivity contribution < 1.29 is 0 Å². The zero-order valence-electron chi connectivity index (χ0n) is 7.45. The molecule has 0 amide bonds. The molecule has 0 aromatic rings. The summed E-state index contributed by atoms with van der Waals surface area (Å²) >= 11 is 0. The molecule has 0 N–H and O–H groups in total. The molecule has 12 heavy (non-hydrogen) atoms. The van der Waals surface area contributed by atoms with Gasteiger partial charge < -0.3 is 0 Å². The topological polar surface area (TPSA) is 0 Å². The molecule has 0 bridgehead atoms. The van der Waals surface area contributed by atoms with Gasteiger partial charge in [-0.15, -0.1) is 0 Å². The predicted octanol–water partition coefficient (Wildman–Crippen LogP) is 3.48. The minimum atomic E-state index is 0.819. The van der Waals surface area contributed by atoms with E-state index in [-0.39, 0.29) is 0 Å². The van der Waals surface area contributed by atoms with Gasteiger partial charge in [-0.2, -0.15) is 0 Å². The summed E-state index contributed by atoms with van der Waals surface area (Å²) in [7, 11) is 0. The summed E-state index contributed by atoms with van der Waals surface area (Å²) in [6, 6.07) is 0. The van der Waals surface area contributed by atoms with E-state index in [0.717, 1.165) is 11.8 Å². The Morgan fingerprint density at radius 2 is 1.17 bits per heavy atom. The van der Waals surface area contributed by atoms with Gasteiger partial charge >= 0.3 is 0 Å². The second-order valence-electron chi connectivity index (χ2n) is 3.77. The highest BCUT2D eigenvalue weighted by atomic mass is 14.2. The maximum Gasteiger partial charge on any atom is -0.0167 e. The maximum absolute atomic E-state index is 2.38. The van der Waals surface area contributed by atoms with Gasteiger partial charge in [0.2, 0.25) is 0 Å². The molecule has 0 aliphatic heterocycles. The highest BCUT2D eigenvalue weighted by Crippen LogP contribution is 2.32. The molecule has 0 aromatic carbocycles. The van der Waals surface area contributed by atoms with E-state index in [1.807, 2.05) is 0 Å². The number of rotatable bonds is 0. The van der Waals surface area contributed by atoms with Gasteiger partial charge in [-0.3, -0.25) is 0 Å². The summed E-state index contributed by atoms with van der Waals surface area (Å²) in [6.45, 7) is 0. The van der Waals surface area contributed by atoms with E-state index >= 15 is 0 Å². The van der Waals surface area contributed by atoms with E-state index in [1.54, 1.807) is 0 Å². The van der Waals surface area contributed by atoms with Crippen molar-refractivity contribution in [3.05, 3.63) is 36.5 Å². The lowest BCUT2D eigenvalue weighted by Crippen LogP contribution is -2.15. The zero-order valence-corrected chi connectivity index (χ0v) is 7.45. The summed E-state index contributed by atoms with van der Waals surface area (Å²) in [6.07, 6.45) is 19.0. The lowest BCUT2D eigenvalue weighted by Gasteiger charge is -2.27. The van der Waals surface area contributed by atoms with E-state index in [0.29, 0.717) is 0 Å². The Balaban J connectivity index is 2.15. The lowest BCUT2D eigenvalue weighted by molar-refractivity contribution is 0.337. The minimum absolute atomic E-state index is 0.819. The van der Waals surface area contributed by atoms with Gasteiger partial charge in [-0.25, -0.2) is 0 Å². The van der Waals surface area contributed by atoms with Gasteiger partial charge in [0.1, 0.15) is 0 Å². The fourth-order valence-corrected chi connectivity index (χ4v) is 2.21. The zero-order chi connectivity index (χ0) is 8.23. The molecule has 0 heterocycles. The van der Waals surface area contributed by atoms with Crippen molar-refractivity contribution in [1.82, 2.24) is 0 Å². The van der Waals surface area contributed by atoms with Gasteiger partial charge in [0.05, 0.1) is 0 Å². The van der Waals surface area contributed by atoms with Crippen molar-refractivity contribution in [3.8, 4) is 0 Å². The molecule has 2 aliphatic rings. The van der Waals surface area contributed by atoms with Crippen LogP contribution in [0, 0.1) is 11.8 Å². The van der Waals surface area contributed by atoms with E-state index in [2.05, 4.69) is 36.5 Å². The van der Waals surface area contributed by atoms with Crippen LogP contribution >= 0.6 is 0 Å². The normalized spacial score (nSPS) is 34.0. The van der Waals surface area contributed by atoms with Crippen LogP contribution in [0.5, 0.6) is 0 Å². The minimum Gasteiger partial charge on any atom is -0.0808 e. The third kappa shape index (κ3) is 1.69. The first-order valence-electron chi connectivity index (χ1n) is 4.98. The molecule has 0 heteroatoms. The molecule has 2 unspecified atom stereocenters. The third-order valence-electron chi connectivity index (χ3n) is 2.92. The quantitative estimate of drug-likeness (QED) is 0.509. The lowest BCUT2D eigenvalue weighted by atomic mass is 9.78. The SMILES string of the molecule is C1=CC=CC2CCCCC2C=C1. The van der Waals surface area contributed by atoms with Gasteiger partial charge in [-0.05, 0) is 24.7 Å². The number of allylic oxidation sites excluding steroid dienone is 6. The second-order valence-corrected chi connectivity index (χ2v) is 3.77. The second kappa shape index (κ2) is 3.75. The maximum atomic E-state index is 2.38. The first kappa shape index (κ1) is 7.85. The highest BCUT2D eigenvalue weighted by molar-refractivity contribution is 5.17. The van der Waals surface area contributed by atoms with Crippen LogP contribution in [0.15, 0.2) is 36.5 Å². The standard InChI is InChI=1S/C12H16/c1-2-4-8-12-10-6-5-9-11(12)7-3-1/h1-4,7-8,11-12H,5-6,9-10H2. The fourth-order valence-electron chi connectivity index (χ4n) is 2.21. The van der Waals surface area contributed by atoms with Crippen LogP contribution in [-0.4, -0.2) is 0 Å². The van der Waals surface area contributed by atoms with Crippen molar-refractivity contribution in [2.75, 3.05) is 0 Å². The molecule has 0 nitrogen and oxygen atoms in total. The summed E-state index contributed by atoms with van der Waals surface area (Å²) in [5.74, 6) is 1.64. The molecule has 0 aromatic heterocycles. The number of hydrogen-bond acceptors (Lipinski definition) is 0. The predicted molar refractivity (Wildman–Crippen MR) is 52.9 cm³/mol. The average Bonchev–Trinajstić information content (AvgIpc) is 2.06. The van der Waals surface area contributed by atoms with E-state index in [4.69, 9.17) is 0 Å². The van der Waals surface area contributed by atoms with Crippen LogP contribution in [0.25, 0.3) is 0 Å². The molecular formula is C12H16. The van der Waals surface area contributed by atoms with Crippen molar-refractivity contribution in [2.45, 2.75) is 25.7 Å². The Kier molecular flexibility index (Phi) is 2.45. The molecule has 0 radical (unpaired) electrons. The Morgan fingerprint density at radius 3 is 1.67 bits per heavy atom. The largest absolute Gasteiger partial charge is 0.0808 e. The fraction of sp³-hybridized carbons (Fsp3) is 0.500. The molecule has 1 fully saturated rings. The third-order valence-corrected chi connectivity index (χ3v) is 2.92. The molecule has 2 rings (SSSR count). The number of hydrogen-bond donors (Lipinski definition) is 0. The van der Waals surface area contributed by atoms with Crippen LogP contribution in [-0.2, 0) is 0 Å². The smallest absolute Gasteiger partial charge is 0.0167 e. The molecule has 2 aliphatic carbocycles. The van der Waals surface area contributed by atoms with Crippen molar-refractivity contribution in [1.29, 1.82) is 0 Å². The molecule has 1 saturated carbocycles. The summed E-state index contributed by atoms with van der Waals surface area (Å²) < 4.78 is 0.